The number of hydrogen-bond donors (Lipinski definition) is 2. The van der Waals surface area contributed by atoms with Crippen LogP contribution in [0, 0.1) is 11.8 Å². The van der Waals surface area contributed by atoms with Crippen LogP contribution in [0.4, 0.5) is 0 Å². The molecule has 1 heterocycles. The van der Waals surface area contributed by atoms with Gasteiger partial charge in [0.05, 0.1) is 20.2 Å². The predicted molar refractivity (Wildman–Crippen MR) is 87.9 cm³/mol. The third-order valence-corrected chi connectivity index (χ3v) is 4.66. The zero-order valence-corrected chi connectivity index (χ0v) is 14.2. The third-order valence-electron chi connectivity index (χ3n) is 4.66. The number of amides is 1. The number of rotatable bonds is 5. The van der Waals surface area contributed by atoms with Gasteiger partial charge in [-0.15, -0.1) is 0 Å². The van der Waals surface area contributed by atoms with Gasteiger partial charge in [-0.1, -0.05) is 26.0 Å². The van der Waals surface area contributed by atoms with Gasteiger partial charge in [0.25, 0.3) is 5.91 Å². The Labute approximate surface area is 133 Å². The maximum Gasteiger partial charge on any atom is 0.278 e. The van der Waals surface area contributed by atoms with E-state index in [0.29, 0.717) is 18.4 Å². The molecule has 1 aliphatic heterocycles. The number of quaternary nitrogens is 1. The molecule has 122 valence electrons. The monoisotopic (exact) mass is 305 g/mol. The first-order valence-electron chi connectivity index (χ1n) is 8.24. The first-order valence-corrected chi connectivity index (χ1v) is 8.24. The fourth-order valence-corrected chi connectivity index (χ4v) is 3.46. The molecule has 0 aromatic heterocycles. The number of methoxy groups -OCH3 is 1. The van der Waals surface area contributed by atoms with Crippen molar-refractivity contribution in [2.45, 2.75) is 39.8 Å². The SMILES string of the molecule is COc1ccc(CNC(=O)[C@H](C)[NH+]2C[C@H](C)C[C@H](C)C2)cc1. The summed E-state index contributed by atoms with van der Waals surface area (Å²) in [5, 5.41) is 3.06. The van der Waals surface area contributed by atoms with Crippen LogP contribution in [0.25, 0.3) is 0 Å². The van der Waals surface area contributed by atoms with Gasteiger partial charge in [0.15, 0.2) is 6.04 Å². The van der Waals surface area contributed by atoms with E-state index in [1.54, 1.807) is 7.11 Å². The lowest BCUT2D eigenvalue weighted by molar-refractivity contribution is -0.925. The van der Waals surface area contributed by atoms with E-state index in [9.17, 15) is 4.79 Å². The molecule has 0 spiro atoms. The van der Waals surface area contributed by atoms with Gasteiger partial charge in [0, 0.05) is 18.4 Å². The Bertz CT molecular complexity index is 476. The van der Waals surface area contributed by atoms with Gasteiger partial charge < -0.3 is 15.0 Å². The van der Waals surface area contributed by atoms with Crippen molar-refractivity contribution >= 4 is 5.91 Å². The Morgan fingerprint density at radius 2 is 1.86 bits per heavy atom. The summed E-state index contributed by atoms with van der Waals surface area (Å²) < 4.78 is 5.14. The minimum atomic E-state index is 0.0171. The summed E-state index contributed by atoms with van der Waals surface area (Å²) in [6.45, 7) is 9.40. The summed E-state index contributed by atoms with van der Waals surface area (Å²) in [5.74, 6) is 2.39. The maximum atomic E-state index is 12.4. The molecule has 1 aromatic rings. The van der Waals surface area contributed by atoms with E-state index >= 15 is 0 Å². The number of benzene rings is 1. The minimum Gasteiger partial charge on any atom is -0.497 e. The number of nitrogens with one attached hydrogen (secondary N) is 2. The van der Waals surface area contributed by atoms with Crippen molar-refractivity contribution in [2.24, 2.45) is 11.8 Å². The lowest BCUT2D eigenvalue weighted by Crippen LogP contribution is -3.18. The van der Waals surface area contributed by atoms with Crippen molar-refractivity contribution in [3.63, 3.8) is 0 Å². The molecule has 2 rings (SSSR count). The van der Waals surface area contributed by atoms with E-state index < -0.39 is 0 Å². The second-order valence-electron chi connectivity index (χ2n) is 6.80. The molecule has 1 aromatic carbocycles. The normalized spacial score (nSPS) is 26.3. The number of ether oxygens (including phenoxy) is 1. The first-order chi connectivity index (χ1) is 10.5. The van der Waals surface area contributed by atoms with Crippen LogP contribution in [0.2, 0.25) is 0 Å². The fourth-order valence-electron chi connectivity index (χ4n) is 3.46. The average molecular weight is 305 g/mol. The molecule has 0 aliphatic carbocycles. The molecule has 4 atom stereocenters. The second kappa shape index (κ2) is 7.63. The largest absolute Gasteiger partial charge is 0.497 e. The predicted octanol–water partition coefficient (Wildman–Crippen LogP) is 1.26. The minimum absolute atomic E-state index is 0.0171. The second-order valence-corrected chi connectivity index (χ2v) is 6.80. The van der Waals surface area contributed by atoms with Crippen molar-refractivity contribution in [1.82, 2.24) is 5.32 Å². The van der Waals surface area contributed by atoms with Gasteiger partial charge in [-0.2, -0.15) is 0 Å². The average Bonchev–Trinajstić information content (AvgIpc) is 2.51. The first kappa shape index (κ1) is 16.8. The molecule has 0 bridgehead atoms. The van der Waals surface area contributed by atoms with Gasteiger partial charge in [0.2, 0.25) is 0 Å². The van der Waals surface area contributed by atoms with Crippen molar-refractivity contribution < 1.29 is 14.4 Å². The van der Waals surface area contributed by atoms with Crippen LogP contribution in [0.3, 0.4) is 0 Å². The van der Waals surface area contributed by atoms with Crippen LogP contribution in [0.1, 0.15) is 32.8 Å². The Kier molecular flexibility index (Phi) is 5.83. The van der Waals surface area contributed by atoms with Gasteiger partial charge in [-0.25, -0.2) is 0 Å². The molecule has 4 nitrogen and oxygen atoms in total. The Balaban J connectivity index is 1.85. The summed E-state index contributed by atoms with van der Waals surface area (Å²) in [5.41, 5.74) is 1.09. The molecule has 2 N–H and O–H groups in total. The summed E-state index contributed by atoms with van der Waals surface area (Å²) in [6.07, 6.45) is 1.28. The molecule has 4 heteroatoms. The standard InChI is InChI=1S/C18H28N2O2/c1-13-9-14(2)12-20(11-13)15(3)18(21)19-10-16-5-7-17(22-4)8-6-16/h5-8,13-15H,9-12H2,1-4H3,(H,19,21)/p+1/t13-,14+,15-/m0/s1. The fraction of sp³-hybridized carbons (Fsp3) is 0.611. The number of likely N-dealkylation sites (tertiary alicyclic amines) is 1. The molecule has 1 saturated heterocycles. The van der Waals surface area contributed by atoms with Crippen molar-refractivity contribution in [3.05, 3.63) is 29.8 Å². The molecular formula is C18H29N2O2+. The summed E-state index contributed by atoms with van der Waals surface area (Å²) in [6, 6.07) is 7.83. The summed E-state index contributed by atoms with van der Waals surface area (Å²) in [4.78, 5) is 13.8. The summed E-state index contributed by atoms with van der Waals surface area (Å²) in [7, 11) is 1.65. The van der Waals surface area contributed by atoms with E-state index in [4.69, 9.17) is 4.74 Å². The van der Waals surface area contributed by atoms with Crippen molar-refractivity contribution in [1.29, 1.82) is 0 Å². The number of hydrogen-bond acceptors (Lipinski definition) is 2. The maximum absolute atomic E-state index is 12.4. The molecular weight excluding hydrogens is 276 g/mol. The lowest BCUT2D eigenvalue weighted by Gasteiger charge is -2.35. The van der Waals surface area contributed by atoms with Crippen molar-refractivity contribution in [2.75, 3.05) is 20.2 Å². The molecule has 1 aliphatic rings. The highest BCUT2D eigenvalue weighted by molar-refractivity contribution is 5.79. The third kappa shape index (κ3) is 4.47. The Hall–Kier alpha value is -1.55. The van der Waals surface area contributed by atoms with Crippen LogP contribution in [0.5, 0.6) is 5.75 Å². The van der Waals surface area contributed by atoms with E-state index in [0.717, 1.165) is 24.4 Å². The van der Waals surface area contributed by atoms with Gasteiger partial charge >= 0.3 is 0 Å². The van der Waals surface area contributed by atoms with Crippen molar-refractivity contribution in [3.8, 4) is 5.75 Å². The van der Waals surface area contributed by atoms with Gasteiger partial charge in [0.1, 0.15) is 5.75 Å². The highest BCUT2D eigenvalue weighted by Gasteiger charge is 2.32. The highest BCUT2D eigenvalue weighted by atomic mass is 16.5. The smallest absolute Gasteiger partial charge is 0.278 e. The summed E-state index contributed by atoms with van der Waals surface area (Å²) >= 11 is 0. The number of carbonyl (C=O) groups is 1. The van der Waals surface area contributed by atoms with Crippen LogP contribution in [-0.2, 0) is 11.3 Å². The van der Waals surface area contributed by atoms with E-state index in [1.165, 1.54) is 11.3 Å². The van der Waals surface area contributed by atoms with Crippen LogP contribution < -0.4 is 15.0 Å². The van der Waals surface area contributed by atoms with Crippen LogP contribution in [-0.4, -0.2) is 32.1 Å². The van der Waals surface area contributed by atoms with Crippen LogP contribution in [0.15, 0.2) is 24.3 Å². The molecule has 1 unspecified atom stereocenters. The van der Waals surface area contributed by atoms with E-state index in [2.05, 4.69) is 19.2 Å². The Morgan fingerprint density at radius 3 is 2.41 bits per heavy atom. The van der Waals surface area contributed by atoms with E-state index in [1.807, 2.05) is 31.2 Å². The molecule has 0 saturated carbocycles. The van der Waals surface area contributed by atoms with E-state index in [-0.39, 0.29) is 11.9 Å². The highest BCUT2D eigenvalue weighted by Crippen LogP contribution is 2.13. The zero-order chi connectivity index (χ0) is 16.1. The number of carbonyl (C=O) groups excluding carboxylic acids is 1. The lowest BCUT2D eigenvalue weighted by atomic mass is 9.91. The van der Waals surface area contributed by atoms with Gasteiger partial charge in [-0.3, -0.25) is 4.79 Å². The molecule has 1 amide bonds. The van der Waals surface area contributed by atoms with Crippen LogP contribution >= 0.6 is 0 Å². The topological polar surface area (TPSA) is 42.8 Å². The molecule has 1 fully saturated rings. The molecule has 0 radical (unpaired) electrons. The Morgan fingerprint density at radius 1 is 1.27 bits per heavy atom. The zero-order valence-electron chi connectivity index (χ0n) is 14.2. The molecule has 22 heavy (non-hydrogen) atoms. The number of piperidine rings is 1. The van der Waals surface area contributed by atoms with Gasteiger partial charge in [-0.05, 0) is 31.0 Å². The quantitative estimate of drug-likeness (QED) is 0.860.